The Morgan fingerprint density at radius 2 is 2.10 bits per heavy atom. The number of rotatable bonds is 5. The lowest BCUT2D eigenvalue weighted by Crippen LogP contribution is -2.34. The van der Waals surface area contributed by atoms with Gasteiger partial charge in [-0.15, -0.1) is 0 Å². The minimum Gasteiger partial charge on any atom is -0.478 e. The van der Waals surface area contributed by atoms with E-state index in [1.54, 1.807) is 12.1 Å². The molecule has 0 spiro atoms. The average Bonchev–Trinajstić information content (AvgIpc) is 2.93. The molecule has 0 saturated carbocycles. The number of ether oxygens (including phenoxy) is 1. The SMILES string of the molecule is CC(C)C1OCCC1CNC(=O)c1cccc(C(=O)O)c1. The lowest BCUT2D eigenvalue weighted by atomic mass is 9.93. The summed E-state index contributed by atoms with van der Waals surface area (Å²) in [4.78, 5) is 23.0. The summed E-state index contributed by atoms with van der Waals surface area (Å²) in [5.41, 5.74) is 0.488. The van der Waals surface area contributed by atoms with Crippen molar-refractivity contribution in [1.29, 1.82) is 0 Å². The van der Waals surface area contributed by atoms with Gasteiger partial charge in [0.15, 0.2) is 0 Å². The zero-order valence-electron chi connectivity index (χ0n) is 12.3. The van der Waals surface area contributed by atoms with Gasteiger partial charge in [0.25, 0.3) is 5.91 Å². The Labute approximate surface area is 124 Å². The predicted octanol–water partition coefficient (Wildman–Crippen LogP) is 2.18. The van der Waals surface area contributed by atoms with Crippen molar-refractivity contribution in [3.63, 3.8) is 0 Å². The number of carbonyl (C=O) groups is 2. The molecule has 1 fully saturated rings. The number of aromatic carboxylic acids is 1. The maximum Gasteiger partial charge on any atom is 0.335 e. The smallest absolute Gasteiger partial charge is 0.335 e. The molecule has 1 aliphatic rings. The van der Waals surface area contributed by atoms with Crippen molar-refractivity contribution in [3.05, 3.63) is 35.4 Å². The van der Waals surface area contributed by atoms with E-state index < -0.39 is 5.97 Å². The molecule has 0 radical (unpaired) electrons. The second-order valence-corrected chi connectivity index (χ2v) is 5.72. The minimum atomic E-state index is -1.03. The van der Waals surface area contributed by atoms with Gasteiger partial charge in [0.05, 0.1) is 11.7 Å². The highest BCUT2D eigenvalue weighted by atomic mass is 16.5. The summed E-state index contributed by atoms with van der Waals surface area (Å²) in [6, 6.07) is 6.06. The van der Waals surface area contributed by atoms with Gasteiger partial charge in [-0.05, 0) is 30.5 Å². The molecule has 5 nitrogen and oxygen atoms in total. The number of nitrogens with one attached hydrogen (secondary N) is 1. The Bertz CT molecular complexity index is 527. The van der Waals surface area contributed by atoms with Crippen molar-refractivity contribution in [2.75, 3.05) is 13.2 Å². The van der Waals surface area contributed by atoms with Gasteiger partial charge in [-0.1, -0.05) is 19.9 Å². The summed E-state index contributed by atoms with van der Waals surface area (Å²) in [6.07, 6.45) is 1.12. The van der Waals surface area contributed by atoms with Crippen LogP contribution >= 0.6 is 0 Å². The van der Waals surface area contributed by atoms with Gasteiger partial charge in [-0.2, -0.15) is 0 Å². The van der Waals surface area contributed by atoms with E-state index in [9.17, 15) is 9.59 Å². The molecule has 1 amide bonds. The topological polar surface area (TPSA) is 75.6 Å². The number of amides is 1. The first-order valence-electron chi connectivity index (χ1n) is 7.22. The van der Waals surface area contributed by atoms with Gasteiger partial charge < -0.3 is 15.2 Å². The summed E-state index contributed by atoms with van der Waals surface area (Å²) >= 11 is 0. The third-order valence-electron chi connectivity index (χ3n) is 3.82. The van der Waals surface area contributed by atoms with Gasteiger partial charge in [0.2, 0.25) is 0 Å². The third kappa shape index (κ3) is 3.82. The fourth-order valence-electron chi connectivity index (χ4n) is 2.73. The van der Waals surface area contributed by atoms with E-state index in [0.717, 1.165) is 13.0 Å². The van der Waals surface area contributed by atoms with Gasteiger partial charge in [0, 0.05) is 24.6 Å². The van der Waals surface area contributed by atoms with E-state index in [1.807, 2.05) is 0 Å². The fraction of sp³-hybridized carbons (Fsp3) is 0.500. The average molecular weight is 291 g/mol. The molecular formula is C16H21NO4. The zero-order chi connectivity index (χ0) is 15.4. The lowest BCUT2D eigenvalue weighted by molar-refractivity contribution is 0.0533. The molecule has 21 heavy (non-hydrogen) atoms. The van der Waals surface area contributed by atoms with Crippen molar-refractivity contribution < 1.29 is 19.4 Å². The molecule has 2 N–H and O–H groups in total. The van der Waals surface area contributed by atoms with Crippen LogP contribution in [0.4, 0.5) is 0 Å². The van der Waals surface area contributed by atoms with Gasteiger partial charge in [-0.3, -0.25) is 4.79 Å². The molecule has 2 rings (SSSR count). The number of carbonyl (C=O) groups excluding carboxylic acids is 1. The van der Waals surface area contributed by atoms with Crippen LogP contribution in [0.1, 0.15) is 41.0 Å². The summed E-state index contributed by atoms with van der Waals surface area (Å²) < 4.78 is 5.69. The maximum absolute atomic E-state index is 12.1. The van der Waals surface area contributed by atoms with Crippen molar-refractivity contribution in [3.8, 4) is 0 Å². The van der Waals surface area contributed by atoms with E-state index in [0.29, 0.717) is 23.9 Å². The molecule has 2 unspecified atom stereocenters. The minimum absolute atomic E-state index is 0.118. The Hall–Kier alpha value is -1.88. The molecule has 1 aromatic rings. The highest BCUT2D eigenvalue weighted by Crippen LogP contribution is 2.26. The molecular weight excluding hydrogens is 270 g/mol. The van der Waals surface area contributed by atoms with E-state index >= 15 is 0 Å². The van der Waals surface area contributed by atoms with Gasteiger partial charge >= 0.3 is 5.97 Å². The summed E-state index contributed by atoms with van der Waals surface area (Å²) in [5, 5.41) is 11.8. The van der Waals surface area contributed by atoms with E-state index in [-0.39, 0.29) is 17.6 Å². The summed E-state index contributed by atoms with van der Waals surface area (Å²) in [7, 11) is 0. The monoisotopic (exact) mass is 291 g/mol. The highest BCUT2D eigenvalue weighted by molar-refractivity contribution is 5.97. The quantitative estimate of drug-likeness (QED) is 0.872. The van der Waals surface area contributed by atoms with Crippen LogP contribution in [0, 0.1) is 11.8 Å². The molecule has 0 aromatic heterocycles. The fourth-order valence-corrected chi connectivity index (χ4v) is 2.73. The number of carboxylic acids is 1. The molecule has 1 aliphatic heterocycles. The van der Waals surface area contributed by atoms with Crippen LogP contribution in [0.2, 0.25) is 0 Å². The molecule has 1 heterocycles. The van der Waals surface area contributed by atoms with E-state index in [2.05, 4.69) is 19.2 Å². The highest BCUT2D eigenvalue weighted by Gasteiger charge is 2.30. The normalized spacial score (nSPS) is 21.5. The largest absolute Gasteiger partial charge is 0.478 e. The van der Waals surface area contributed by atoms with E-state index in [4.69, 9.17) is 9.84 Å². The Kier molecular flexibility index (Phi) is 4.96. The Morgan fingerprint density at radius 1 is 1.38 bits per heavy atom. The van der Waals surface area contributed by atoms with Crippen LogP contribution < -0.4 is 5.32 Å². The lowest BCUT2D eigenvalue weighted by Gasteiger charge is -2.22. The van der Waals surface area contributed by atoms with Crippen LogP contribution in [0.15, 0.2) is 24.3 Å². The van der Waals surface area contributed by atoms with E-state index in [1.165, 1.54) is 12.1 Å². The molecule has 5 heteroatoms. The Morgan fingerprint density at radius 3 is 2.76 bits per heavy atom. The predicted molar refractivity (Wildman–Crippen MR) is 78.4 cm³/mol. The number of hydrogen-bond donors (Lipinski definition) is 2. The first-order chi connectivity index (χ1) is 9.99. The van der Waals surface area contributed by atoms with Gasteiger partial charge in [0.1, 0.15) is 0 Å². The summed E-state index contributed by atoms with van der Waals surface area (Å²) in [5.74, 6) is -0.539. The molecule has 0 bridgehead atoms. The van der Waals surface area contributed by atoms with Crippen molar-refractivity contribution in [2.24, 2.45) is 11.8 Å². The number of hydrogen-bond acceptors (Lipinski definition) is 3. The third-order valence-corrected chi connectivity index (χ3v) is 3.82. The molecule has 114 valence electrons. The second-order valence-electron chi connectivity index (χ2n) is 5.72. The van der Waals surface area contributed by atoms with Crippen molar-refractivity contribution in [2.45, 2.75) is 26.4 Å². The first kappa shape index (κ1) is 15.5. The van der Waals surface area contributed by atoms with Gasteiger partial charge in [-0.25, -0.2) is 4.79 Å². The standard InChI is InChI=1S/C16H21NO4/c1-10(2)14-13(6-7-21-14)9-17-15(18)11-4-3-5-12(8-11)16(19)20/h3-5,8,10,13-14H,6-7,9H2,1-2H3,(H,17,18)(H,19,20). The van der Waals surface area contributed by atoms with Crippen LogP contribution in [0.25, 0.3) is 0 Å². The molecule has 2 atom stereocenters. The van der Waals surface area contributed by atoms with Crippen LogP contribution in [-0.2, 0) is 4.74 Å². The zero-order valence-corrected chi connectivity index (χ0v) is 12.3. The summed E-state index contributed by atoms with van der Waals surface area (Å²) in [6.45, 7) is 5.51. The molecule has 0 aliphatic carbocycles. The second kappa shape index (κ2) is 6.72. The maximum atomic E-state index is 12.1. The molecule has 1 saturated heterocycles. The van der Waals surface area contributed by atoms with Crippen LogP contribution in [-0.4, -0.2) is 36.2 Å². The van der Waals surface area contributed by atoms with Crippen molar-refractivity contribution in [1.82, 2.24) is 5.32 Å². The Balaban J connectivity index is 1.96. The number of benzene rings is 1. The molecule has 1 aromatic carbocycles. The first-order valence-corrected chi connectivity index (χ1v) is 7.22. The van der Waals surface area contributed by atoms with Crippen molar-refractivity contribution >= 4 is 11.9 Å². The number of carboxylic acid groups (broad SMARTS) is 1. The van der Waals surface area contributed by atoms with Crippen LogP contribution in [0.5, 0.6) is 0 Å². The van der Waals surface area contributed by atoms with Crippen LogP contribution in [0.3, 0.4) is 0 Å².